The maximum absolute atomic E-state index is 12.6. The van der Waals surface area contributed by atoms with Gasteiger partial charge in [-0.25, -0.2) is 4.68 Å². The summed E-state index contributed by atoms with van der Waals surface area (Å²) in [6.07, 6.45) is 0. The van der Waals surface area contributed by atoms with Crippen LogP contribution in [-0.2, 0) is 0 Å². The van der Waals surface area contributed by atoms with E-state index < -0.39 is 5.91 Å². The monoisotopic (exact) mass is 354 g/mol. The molecule has 6 nitrogen and oxygen atoms in total. The molecule has 1 aromatic heterocycles. The van der Waals surface area contributed by atoms with E-state index in [9.17, 15) is 9.59 Å². The van der Waals surface area contributed by atoms with Crippen LogP contribution in [0.4, 0.5) is 5.69 Å². The minimum Gasteiger partial charge on any atom is -0.366 e. The van der Waals surface area contributed by atoms with Crippen LogP contribution in [0.15, 0.2) is 54.6 Å². The molecule has 25 heavy (non-hydrogen) atoms. The number of aromatic nitrogens is 2. The van der Waals surface area contributed by atoms with E-state index in [1.807, 2.05) is 30.3 Å². The smallest absolute Gasteiger partial charge is 0.260 e. The van der Waals surface area contributed by atoms with Gasteiger partial charge >= 0.3 is 0 Å². The summed E-state index contributed by atoms with van der Waals surface area (Å²) in [6.45, 7) is 1.72. The molecule has 0 saturated heterocycles. The number of para-hydroxylation sites is 1. The molecule has 126 valence electrons. The SMILES string of the molecule is Cc1nn(-c2ccccc2)c(Cl)c1C(=O)Nc1ccc(C(N)=O)cc1. The highest BCUT2D eigenvalue weighted by atomic mass is 35.5. The molecule has 0 spiro atoms. The van der Waals surface area contributed by atoms with Crippen LogP contribution >= 0.6 is 11.6 Å². The Hall–Kier alpha value is -3.12. The van der Waals surface area contributed by atoms with Gasteiger partial charge in [0, 0.05) is 11.3 Å². The van der Waals surface area contributed by atoms with Gasteiger partial charge in [-0.3, -0.25) is 9.59 Å². The third-order valence-corrected chi connectivity index (χ3v) is 4.01. The average molecular weight is 355 g/mol. The Balaban J connectivity index is 1.88. The third kappa shape index (κ3) is 3.39. The van der Waals surface area contributed by atoms with Gasteiger partial charge in [-0.2, -0.15) is 5.10 Å². The summed E-state index contributed by atoms with van der Waals surface area (Å²) >= 11 is 6.37. The zero-order valence-electron chi connectivity index (χ0n) is 13.4. The summed E-state index contributed by atoms with van der Waals surface area (Å²) in [5.41, 5.74) is 7.66. The summed E-state index contributed by atoms with van der Waals surface area (Å²) < 4.78 is 1.52. The molecular formula is C18H15ClN4O2. The van der Waals surface area contributed by atoms with Crippen LogP contribution in [0.25, 0.3) is 5.69 Å². The highest BCUT2D eigenvalue weighted by Crippen LogP contribution is 2.24. The van der Waals surface area contributed by atoms with Gasteiger partial charge in [0.1, 0.15) is 10.7 Å². The van der Waals surface area contributed by atoms with Gasteiger partial charge in [-0.15, -0.1) is 0 Å². The van der Waals surface area contributed by atoms with Crippen molar-refractivity contribution in [2.75, 3.05) is 5.32 Å². The molecule has 3 aromatic rings. The fourth-order valence-electron chi connectivity index (χ4n) is 2.41. The standard InChI is InChI=1S/C18H15ClN4O2/c1-11-15(16(19)23(22-11)14-5-3-2-4-6-14)18(25)21-13-9-7-12(8-10-13)17(20)24/h2-10H,1H3,(H2,20,24)(H,21,25). The van der Waals surface area contributed by atoms with E-state index in [4.69, 9.17) is 17.3 Å². The van der Waals surface area contributed by atoms with Crippen LogP contribution in [0.3, 0.4) is 0 Å². The van der Waals surface area contributed by atoms with Crippen LogP contribution in [0.1, 0.15) is 26.4 Å². The van der Waals surface area contributed by atoms with Gasteiger partial charge in [0.2, 0.25) is 5.91 Å². The van der Waals surface area contributed by atoms with E-state index in [1.165, 1.54) is 4.68 Å². The Labute approximate surface area is 149 Å². The lowest BCUT2D eigenvalue weighted by molar-refractivity contribution is 0.0998. The van der Waals surface area contributed by atoms with E-state index in [-0.39, 0.29) is 11.1 Å². The van der Waals surface area contributed by atoms with Crippen LogP contribution in [0, 0.1) is 6.92 Å². The molecule has 0 aliphatic rings. The number of benzene rings is 2. The van der Waals surface area contributed by atoms with Gasteiger partial charge in [-0.1, -0.05) is 29.8 Å². The number of carbonyl (C=O) groups excluding carboxylic acids is 2. The number of hydrogen-bond acceptors (Lipinski definition) is 3. The van der Waals surface area contributed by atoms with Crippen LogP contribution in [0.2, 0.25) is 5.15 Å². The van der Waals surface area contributed by atoms with Crippen molar-refractivity contribution in [1.29, 1.82) is 0 Å². The summed E-state index contributed by atoms with van der Waals surface area (Å²) in [5, 5.41) is 7.32. The first-order chi connectivity index (χ1) is 12.0. The second kappa shape index (κ2) is 6.78. The van der Waals surface area contributed by atoms with E-state index in [0.29, 0.717) is 22.5 Å². The molecule has 0 unspecified atom stereocenters. The van der Waals surface area contributed by atoms with Crippen molar-refractivity contribution in [3.05, 3.63) is 76.6 Å². The zero-order chi connectivity index (χ0) is 18.0. The predicted octanol–water partition coefficient (Wildman–Crippen LogP) is 3.19. The van der Waals surface area contributed by atoms with Gasteiger partial charge < -0.3 is 11.1 Å². The fourth-order valence-corrected chi connectivity index (χ4v) is 2.77. The molecule has 0 bridgehead atoms. The van der Waals surface area contributed by atoms with E-state index in [2.05, 4.69) is 10.4 Å². The molecule has 0 fully saturated rings. The first kappa shape index (κ1) is 16.7. The number of nitrogens with one attached hydrogen (secondary N) is 1. The summed E-state index contributed by atoms with van der Waals surface area (Å²) in [7, 11) is 0. The first-order valence-corrected chi connectivity index (χ1v) is 7.87. The van der Waals surface area contributed by atoms with Crippen LogP contribution in [-0.4, -0.2) is 21.6 Å². The lowest BCUT2D eigenvalue weighted by Gasteiger charge is -2.06. The van der Waals surface area contributed by atoms with E-state index in [0.717, 1.165) is 5.69 Å². The van der Waals surface area contributed by atoms with Crippen molar-refractivity contribution < 1.29 is 9.59 Å². The molecule has 0 saturated carbocycles. The number of anilines is 1. The number of nitrogens with two attached hydrogens (primary N) is 1. The lowest BCUT2D eigenvalue weighted by atomic mass is 10.2. The Kier molecular flexibility index (Phi) is 4.54. The molecule has 1 heterocycles. The number of rotatable bonds is 4. The van der Waals surface area contributed by atoms with Gasteiger partial charge in [0.05, 0.1) is 11.4 Å². The minimum atomic E-state index is -0.527. The summed E-state index contributed by atoms with van der Waals surface area (Å²) in [4.78, 5) is 23.7. The molecule has 0 atom stereocenters. The number of amides is 2. The highest BCUT2D eigenvalue weighted by Gasteiger charge is 2.21. The van der Waals surface area contributed by atoms with Crippen molar-refractivity contribution in [3.63, 3.8) is 0 Å². The number of hydrogen-bond donors (Lipinski definition) is 2. The largest absolute Gasteiger partial charge is 0.366 e. The molecule has 3 N–H and O–H groups in total. The maximum Gasteiger partial charge on any atom is 0.260 e. The highest BCUT2D eigenvalue weighted by molar-refractivity contribution is 6.34. The molecule has 7 heteroatoms. The van der Waals surface area contributed by atoms with Gasteiger partial charge in [0.15, 0.2) is 0 Å². The Morgan fingerprint density at radius 1 is 1.08 bits per heavy atom. The Morgan fingerprint density at radius 3 is 2.32 bits per heavy atom. The van der Waals surface area contributed by atoms with Crippen LogP contribution in [0.5, 0.6) is 0 Å². The van der Waals surface area contributed by atoms with Crippen molar-refractivity contribution >= 4 is 29.1 Å². The second-order valence-electron chi connectivity index (χ2n) is 5.39. The van der Waals surface area contributed by atoms with Crippen molar-refractivity contribution in [2.45, 2.75) is 6.92 Å². The number of carbonyl (C=O) groups is 2. The summed E-state index contributed by atoms with van der Waals surface area (Å²) in [6, 6.07) is 15.6. The second-order valence-corrected chi connectivity index (χ2v) is 5.75. The maximum atomic E-state index is 12.6. The molecule has 3 rings (SSSR count). The Morgan fingerprint density at radius 2 is 1.72 bits per heavy atom. The fraction of sp³-hybridized carbons (Fsp3) is 0.0556. The van der Waals surface area contributed by atoms with Crippen molar-refractivity contribution in [3.8, 4) is 5.69 Å². The zero-order valence-corrected chi connectivity index (χ0v) is 14.1. The molecule has 2 amide bonds. The third-order valence-electron chi connectivity index (χ3n) is 3.66. The topological polar surface area (TPSA) is 90.0 Å². The normalized spacial score (nSPS) is 10.5. The number of halogens is 1. The number of primary amides is 1. The molecule has 0 aliphatic heterocycles. The number of nitrogens with zero attached hydrogens (tertiary/aromatic N) is 2. The Bertz CT molecular complexity index is 934. The van der Waals surface area contributed by atoms with Crippen molar-refractivity contribution in [2.24, 2.45) is 5.73 Å². The number of aryl methyl sites for hydroxylation is 1. The van der Waals surface area contributed by atoms with E-state index in [1.54, 1.807) is 31.2 Å². The van der Waals surface area contributed by atoms with Crippen LogP contribution < -0.4 is 11.1 Å². The lowest BCUT2D eigenvalue weighted by Crippen LogP contribution is -2.14. The molecular weight excluding hydrogens is 340 g/mol. The molecule has 0 radical (unpaired) electrons. The molecule has 0 aliphatic carbocycles. The van der Waals surface area contributed by atoms with E-state index >= 15 is 0 Å². The van der Waals surface area contributed by atoms with Gasteiger partial charge in [-0.05, 0) is 43.3 Å². The summed E-state index contributed by atoms with van der Waals surface area (Å²) in [5.74, 6) is -0.905. The quantitative estimate of drug-likeness (QED) is 0.753. The first-order valence-electron chi connectivity index (χ1n) is 7.49. The van der Waals surface area contributed by atoms with Crippen molar-refractivity contribution in [1.82, 2.24) is 9.78 Å². The average Bonchev–Trinajstić information content (AvgIpc) is 2.90. The van der Waals surface area contributed by atoms with Gasteiger partial charge in [0.25, 0.3) is 5.91 Å². The molecule has 2 aromatic carbocycles. The minimum absolute atomic E-state index is 0.231. The predicted molar refractivity (Wildman–Crippen MR) is 96.2 cm³/mol.